The molecule has 1 aliphatic rings. The van der Waals surface area contributed by atoms with Gasteiger partial charge in [0.1, 0.15) is 5.41 Å². The molecule has 2 amide bonds. The highest BCUT2D eigenvalue weighted by Gasteiger charge is 2.47. The number of rotatable bonds is 4. The van der Waals surface area contributed by atoms with Crippen LogP contribution < -0.4 is 10.6 Å². The smallest absolute Gasteiger partial charge is 0.315 e. The molecule has 2 rings (SSSR count). The van der Waals surface area contributed by atoms with E-state index in [0.717, 1.165) is 5.56 Å². The van der Waals surface area contributed by atoms with Gasteiger partial charge in [0, 0.05) is 12.4 Å². The summed E-state index contributed by atoms with van der Waals surface area (Å²) in [6.07, 6.45) is 3.33. The van der Waals surface area contributed by atoms with E-state index in [1.54, 1.807) is 25.4 Å². The number of aromatic nitrogens is 1. The zero-order chi connectivity index (χ0) is 15.5. The fourth-order valence-corrected chi connectivity index (χ4v) is 2.20. The first-order valence-corrected chi connectivity index (χ1v) is 6.71. The standard InChI is InChI=1S/C14H19N3O4/c1-9(10-4-3-5-15-6-10)16-13(20)17-11-7-21-8-14(11,2)12(18)19/h3-6,9,11H,7-8H2,1-2H3,(H,18,19)(H2,16,17,20). The average molecular weight is 293 g/mol. The summed E-state index contributed by atoms with van der Waals surface area (Å²) in [5.74, 6) is -0.981. The Kier molecular flexibility index (Phi) is 4.42. The van der Waals surface area contributed by atoms with Gasteiger partial charge < -0.3 is 20.5 Å². The van der Waals surface area contributed by atoms with Gasteiger partial charge in [-0.05, 0) is 25.5 Å². The number of carbonyl (C=O) groups is 2. The zero-order valence-corrected chi connectivity index (χ0v) is 12.0. The fraction of sp³-hybridized carbons (Fsp3) is 0.500. The molecule has 3 N–H and O–H groups in total. The number of hydrogen-bond acceptors (Lipinski definition) is 4. The number of nitrogens with zero attached hydrogens (tertiary/aromatic N) is 1. The number of aliphatic carboxylic acids is 1. The van der Waals surface area contributed by atoms with Gasteiger partial charge in [-0.1, -0.05) is 6.07 Å². The van der Waals surface area contributed by atoms with Gasteiger partial charge in [0.05, 0.1) is 25.3 Å². The molecule has 3 atom stereocenters. The molecule has 7 nitrogen and oxygen atoms in total. The van der Waals surface area contributed by atoms with Crippen LogP contribution in [0.3, 0.4) is 0 Å². The predicted octanol–water partition coefficient (Wildman–Crippen LogP) is 0.931. The Balaban J connectivity index is 1.94. The lowest BCUT2D eigenvalue weighted by atomic mass is 9.85. The first kappa shape index (κ1) is 15.2. The third-order valence-electron chi connectivity index (χ3n) is 3.78. The predicted molar refractivity (Wildman–Crippen MR) is 74.7 cm³/mol. The molecule has 3 unspecified atom stereocenters. The van der Waals surface area contributed by atoms with Gasteiger partial charge in [-0.15, -0.1) is 0 Å². The van der Waals surface area contributed by atoms with E-state index in [9.17, 15) is 14.7 Å². The Hall–Kier alpha value is -2.15. The minimum absolute atomic E-state index is 0.0887. The van der Waals surface area contributed by atoms with Crippen LogP contribution in [0.4, 0.5) is 4.79 Å². The van der Waals surface area contributed by atoms with Gasteiger partial charge in [-0.2, -0.15) is 0 Å². The Labute approximate surface area is 122 Å². The molecule has 1 saturated heterocycles. The molecular weight excluding hydrogens is 274 g/mol. The Morgan fingerprint density at radius 2 is 2.33 bits per heavy atom. The third kappa shape index (κ3) is 3.30. The normalized spacial score (nSPS) is 26.1. The quantitative estimate of drug-likeness (QED) is 0.766. The van der Waals surface area contributed by atoms with Crippen LogP contribution in [-0.2, 0) is 9.53 Å². The van der Waals surface area contributed by atoms with Crippen molar-refractivity contribution in [2.75, 3.05) is 13.2 Å². The van der Waals surface area contributed by atoms with Crippen molar-refractivity contribution in [3.63, 3.8) is 0 Å². The molecule has 1 aliphatic heterocycles. The molecule has 0 aromatic carbocycles. The van der Waals surface area contributed by atoms with Gasteiger partial charge in [-0.25, -0.2) is 4.79 Å². The van der Waals surface area contributed by atoms with Crippen molar-refractivity contribution in [3.05, 3.63) is 30.1 Å². The van der Waals surface area contributed by atoms with Crippen molar-refractivity contribution in [2.24, 2.45) is 5.41 Å². The molecule has 7 heteroatoms. The number of amides is 2. The van der Waals surface area contributed by atoms with E-state index in [1.165, 1.54) is 0 Å². The third-order valence-corrected chi connectivity index (χ3v) is 3.78. The van der Waals surface area contributed by atoms with Crippen LogP contribution in [0.15, 0.2) is 24.5 Å². The van der Waals surface area contributed by atoms with Gasteiger partial charge in [0.25, 0.3) is 0 Å². The summed E-state index contributed by atoms with van der Waals surface area (Å²) in [5.41, 5.74) is -0.231. The van der Waals surface area contributed by atoms with Crippen molar-refractivity contribution in [3.8, 4) is 0 Å². The van der Waals surface area contributed by atoms with E-state index in [2.05, 4.69) is 15.6 Å². The van der Waals surface area contributed by atoms with Crippen LogP contribution >= 0.6 is 0 Å². The summed E-state index contributed by atoms with van der Waals surface area (Å²) in [7, 11) is 0. The van der Waals surface area contributed by atoms with E-state index >= 15 is 0 Å². The van der Waals surface area contributed by atoms with Crippen LogP contribution in [0.5, 0.6) is 0 Å². The monoisotopic (exact) mass is 293 g/mol. The molecule has 114 valence electrons. The van der Waals surface area contributed by atoms with Crippen LogP contribution in [-0.4, -0.2) is 41.3 Å². The summed E-state index contributed by atoms with van der Waals surface area (Å²) in [4.78, 5) is 27.3. The molecule has 1 aromatic rings. The van der Waals surface area contributed by atoms with Crippen LogP contribution in [0.25, 0.3) is 0 Å². The number of urea groups is 1. The Morgan fingerprint density at radius 3 is 2.95 bits per heavy atom. The fourth-order valence-electron chi connectivity index (χ4n) is 2.20. The number of pyridine rings is 1. The number of ether oxygens (including phenoxy) is 1. The van der Waals surface area contributed by atoms with Gasteiger partial charge in [0.2, 0.25) is 0 Å². The van der Waals surface area contributed by atoms with Crippen molar-refractivity contribution in [1.29, 1.82) is 0 Å². The highest BCUT2D eigenvalue weighted by molar-refractivity contribution is 5.79. The minimum atomic E-state index is -1.10. The number of hydrogen-bond donors (Lipinski definition) is 3. The largest absolute Gasteiger partial charge is 0.481 e. The van der Waals surface area contributed by atoms with Crippen molar-refractivity contribution < 1.29 is 19.4 Å². The molecule has 1 aromatic heterocycles. The summed E-state index contributed by atoms with van der Waals surface area (Å²) < 4.78 is 5.19. The molecule has 0 spiro atoms. The zero-order valence-electron chi connectivity index (χ0n) is 12.0. The SMILES string of the molecule is CC(NC(=O)NC1COCC1(C)C(=O)O)c1cccnc1. The maximum absolute atomic E-state index is 12.0. The lowest BCUT2D eigenvalue weighted by Crippen LogP contribution is -2.52. The van der Waals surface area contributed by atoms with E-state index in [1.807, 2.05) is 13.0 Å². The summed E-state index contributed by atoms with van der Waals surface area (Å²) >= 11 is 0. The highest BCUT2D eigenvalue weighted by atomic mass is 16.5. The molecule has 0 aliphatic carbocycles. The average Bonchev–Trinajstić information content (AvgIpc) is 2.82. The molecule has 21 heavy (non-hydrogen) atoms. The number of nitrogens with one attached hydrogen (secondary N) is 2. The molecule has 0 saturated carbocycles. The second-order valence-electron chi connectivity index (χ2n) is 5.42. The molecule has 0 bridgehead atoms. The first-order chi connectivity index (χ1) is 9.93. The van der Waals surface area contributed by atoms with Crippen molar-refractivity contribution >= 4 is 12.0 Å². The lowest BCUT2D eigenvalue weighted by Gasteiger charge is -2.26. The molecule has 0 radical (unpaired) electrons. The number of carboxylic acids is 1. The number of carbonyl (C=O) groups excluding carboxylic acids is 1. The second-order valence-corrected chi connectivity index (χ2v) is 5.42. The Morgan fingerprint density at radius 1 is 1.57 bits per heavy atom. The highest BCUT2D eigenvalue weighted by Crippen LogP contribution is 2.28. The first-order valence-electron chi connectivity index (χ1n) is 6.71. The van der Waals surface area contributed by atoms with Gasteiger partial charge >= 0.3 is 12.0 Å². The topological polar surface area (TPSA) is 101 Å². The van der Waals surface area contributed by atoms with Crippen molar-refractivity contribution in [1.82, 2.24) is 15.6 Å². The van der Waals surface area contributed by atoms with E-state index in [0.29, 0.717) is 0 Å². The molecular formula is C14H19N3O4. The summed E-state index contributed by atoms with van der Waals surface area (Å²) in [6, 6.07) is 2.44. The van der Waals surface area contributed by atoms with E-state index < -0.39 is 23.5 Å². The van der Waals surface area contributed by atoms with Crippen molar-refractivity contribution in [2.45, 2.75) is 25.9 Å². The van der Waals surface area contributed by atoms with Crippen LogP contribution in [0.2, 0.25) is 0 Å². The second kappa shape index (κ2) is 6.09. The molecule has 2 heterocycles. The van der Waals surface area contributed by atoms with Gasteiger partial charge in [-0.3, -0.25) is 9.78 Å². The Bertz CT molecular complexity index is 522. The van der Waals surface area contributed by atoms with Gasteiger partial charge in [0.15, 0.2) is 0 Å². The minimum Gasteiger partial charge on any atom is -0.481 e. The van der Waals surface area contributed by atoms with E-state index in [4.69, 9.17) is 4.74 Å². The van der Waals surface area contributed by atoms with E-state index in [-0.39, 0.29) is 19.3 Å². The number of carboxylic acid groups (broad SMARTS) is 1. The maximum atomic E-state index is 12.0. The summed E-state index contributed by atoms with van der Waals surface area (Å²) in [6.45, 7) is 3.68. The summed E-state index contributed by atoms with van der Waals surface area (Å²) in [5, 5.41) is 14.7. The van der Waals surface area contributed by atoms with Crippen LogP contribution in [0, 0.1) is 5.41 Å². The molecule has 1 fully saturated rings. The maximum Gasteiger partial charge on any atom is 0.315 e. The van der Waals surface area contributed by atoms with Crippen LogP contribution in [0.1, 0.15) is 25.5 Å². The lowest BCUT2D eigenvalue weighted by molar-refractivity contribution is -0.148.